The van der Waals surface area contributed by atoms with Crippen molar-refractivity contribution in [1.29, 1.82) is 0 Å². The molecule has 0 aliphatic heterocycles. The minimum Gasteiger partial charge on any atom is -0.497 e. The van der Waals surface area contributed by atoms with E-state index in [1.54, 1.807) is 37.5 Å². The summed E-state index contributed by atoms with van der Waals surface area (Å²) < 4.78 is 6.98. The molecule has 0 spiro atoms. The molecule has 0 bridgehead atoms. The maximum atomic E-state index is 12.6. The van der Waals surface area contributed by atoms with Gasteiger partial charge in [-0.3, -0.25) is 9.59 Å². The van der Waals surface area contributed by atoms with E-state index >= 15 is 0 Å². The second kappa shape index (κ2) is 12.2. The van der Waals surface area contributed by atoms with Crippen LogP contribution in [0.15, 0.2) is 66.3 Å². The van der Waals surface area contributed by atoms with Crippen LogP contribution in [-0.4, -0.2) is 39.4 Å². The summed E-state index contributed by atoms with van der Waals surface area (Å²) in [6.45, 7) is 6.08. The molecule has 178 valence electrons. The fraction of sp³-hybridized carbons (Fsp3) is 0.250. The molecule has 10 heteroatoms. The van der Waals surface area contributed by atoms with Crippen molar-refractivity contribution in [2.75, 3.05) is 18.2 Å². The van der Waals surface area contributed by atoms with Gasteiger partial charge in [-0.2, -0.15) is 0 Å². The Morgan fingerprint density at radius 2 is 1.97 bits per heavy atom. The van der Waals surface area contributed by atoms with Gasteiger partial charge in [0.15, 0.2) is 11.0 Å². The van der Waals surface area contributed by atoms with E-state index in [1.165, 1.54) is 11.8 Å². The minimum absolute atomic E-state index is 0.138. The Bertz CT molecular complexity index is 1150. The number of amides is 2. The van der Waals surface area contributed by atoms with Crippen molar-refractivity contribution < 1.29 is 14.3 Å². The Kier molecular flexibility index (Phi) is 9.12. The van der Waals surface area contributed by atoms with Crippen molar-refractivity contribution in [2.24, 2.45) is 0 Å². The first-order valence-electron chi connectivity index (χ1n) is 10.5. The van der Waals surface area contributed by atoms with Crippen LogP contribution in [0.25, 0.3) is 0 Å². The molecule has 1 unspecified atom stereocenters. The van der Waals surface area contributed by atoms with Crippen LogP contribution < -0.4 is 15.4 Å². The van der Waals surface area contributed by atoms with Crippen LogP contribution in [-0.2, 0) is 22.6 Å². The van der Waals surface area contributed by atoms with E-state index in [4.69, 9.17) is 16.3 Å². The molecule has 3 aromatic rings. The summed E-state index contributed by atoms with van der Waals surface area (Å²) in [4.78, 5) is 24.9. The highest BCUT2D eigenvalue weighted by Crippen LogP contribution is 2.22. The summed E-state index contributed by atoms with van der Waals surface area (Å²) in [7, 11) is 1.60. The van der Waals surface area contributed by atoms with Gasteiger partial charge in [0.2, 0.25) is 11.8 Å². The number of ether oxygens (including phenoxy) is 1. The number of anilines is 1. The zero-order valence-corrected chi connectivity index (χ0v) is 20.5. The van der Waals surface area contributed by atoms with Gasteiger partial charge in [0.25, 0.3) is 0 Å². The Morgan fingerprint density at radius 3 is 2.65 bits per heavy atom. The predicted octanol–water partition coefficient (Wildman–Crippen LogP) is 4.28. The van der Waals surface area contributed by atoms with E-state index in [0.29, 0.717) is 28.2 Å². The molecule has 0 fully saturated rings. The van der Waals surface area contributed by atoms with Crippen molar-refractivity contribution >= 4 is 40.9 Å². The van der Waals surface area contributed by atoms with Gasteiger partial charge in [0, 0.05) is 17.3 Å². The summed E-state index contributed by atoms with van der Waals surface area (Å²) in [6, 6.07) is 13.9. The van der Waals surface area contributed by atoms with Crippen molar-refractivity contribution in [3.05, 3.63) is 77.6 Å². The number of aromatic nitrogens is 3. The van der Waals surface area contributed by atoms with Crippen LogP contribution >= 0.6 is 23.4 Å². The molecule has 0 radical (unpaired) electrons. The zero-order chi connectivity index (χ0) is 24.5. The van der Waals surface area contributed by atoms with Crippen molar-refractivity contribution in [2.45, 2.75) is 31.1 Å². The van der Waals surface area contributed by atoms with Gasteiger partial charge >= 0.3 is 0 Å². The molecule has 1 atom stereocenters. The maximum absolute atomic E-state index is 12.6. The Hall–Kier alpha value is -3.30. The molecule has 3 rings (SSSR count). The molecule has 2 aromatic carbocycles. The number of nitrogens with zero attached hydrogens (tertiary/aromatic N) is 3. The number of thioether (sulfide) groups is 1. The molecular weight excluding hydrogens is 474 g/mol. The van der Waals surface area contributed by atoms with E-state index in [0.717, 1.165) is 11.3 Å². The standard InChI is InChI=1S/C24H26ClN5O3S/c1-4-12-30-23(16(2)26-21(31)13-17-8-10-20(33-3)11-9-17)28-29-24(30)34-15-22(32)27-19-7-5-6-18(25)14-19/h4-11,14,16H,1,12-13,15H2,2-3H3,(H,26,31)(H,27,32). The topological polar surface area (TPSA) is 98.1 Å². The van der Waals surface area contributed by atoms with Gasteiger partial charge in [-0.05, 0) is 42.8 Å². The smallest absolute Gasteiger partial charge is 0.234 e. The van der Waals surface area contributed by atoms with Gasteiger partial charge in [-0.25, -0.2) is 0 Å². The third kappa shape index (κ3) is 7.10. The van der Waals surface area contributed by atoms with E-state index in [-0.39, 0.29) is 30.0 Å². The number of rotatable bonds is 11. The van der Waals surface area contributed by atoms with Gasteiger partial charge in [0.1, 0.15) is 5.75 Å². The summed E-state index contributed by atoms with van der Waals surface area (Å²) in [6.07, 6.45) is 1.95. The third-order valence-corrected chi connectivity index (χ3v) is 5.99. The zero-order valence-electron chi connectivity index (χ0n) is 19.0. The minimum atomic E-state index is -0.382. The Morgan fingerprint density at radius 1 is 1.21 bits per heavy atom. The molecule has 0 aliphatic rings. The lowest BCUT2D eigenvalue weighted by molar-refractivity contribution is -0.121. The van der Waals surface area contributed by atoms with Crippen molar-refractivity contribution in [3.8, 4) is 5.75 Å². The van der Waals surface area contributed by atoms with Gasteiger partial charge in [-0.15, -0.1) is 16.8 Å². The van der Waals surface area contributed by atoms with E-state index < -0.39 is 0 Å². The Labute approximate surface area is 207 Å². The van der Waals surface area contributed by atoms with E-state index in [2.05, 4.69) is 27.4 Å². The molecule has 2 N–H and O–H groups in total. The second-order valence-electron chi connectivity index (χ2n) is 7.40. The average Bonchev–Trinajstić information content (AvgIpc) is 3.21. The normalized spacial score (nSPS) is 11.5. The third-order valence-electron chi connectivity index (χ3n) is 4.79. The fourth-order valence-electron chi connectivity index (χ4n) is 3.21. The van der Waals surface area contributed by atoms with Crippen LogP contribution in [0.4, 0.5) is 5.69 Å². The van der Waals surface area contributed by atoms with Crippen LogP contribution in [0, 0.1) is 0 Å². The van der Waals surface area contributed by atoms with Gasteiger partial charge < -0.3 is 19.9 Å². The molecule has 1 heterocycles. The van der Waals surface area contributed by atoms with Crippen LogP contribution in [0.5, 0.6) is 5.75 Å². The molecule has 2 amide bonds. The van der Waals surface area contributed by atoms with Crippen LogP contribution in [0.1, 0.15) is 24.4 Å². The summed E-state index contributed by atoms with van der Waals surface area (Å²) >= 11 is 7.21. The number of hydrogen-bond acceptors (Lipinski definition) is 6. The molecule has 34 heavy (non-hydrogen) atoms. The highest BCUT2D eigenvalue weighted by molar-refractivity contribution is 7.99. The monoisotopic (exact) mass is 499 g/mol. The predicted molar refractivity (Wildman–Crippen MR) is 134 cm³/mol. The lowest BCUT2D eigenvalue weighted by Crippen LogP contribution is -2.30. The first-order chi connectivity index (χ1) is 16.4. The van der Waals surface area contributed by atoms with Crippen molar-refractivity contribution in [1.82, 2.24) is 20.1 Å². The molecule has 1 aromatic heterocycles. The quantitative estimate of drug-likeness (QED) is 0.302. The molecular formula is C24H26ClN5O3S. The van der Waals surface area contributed by atoms with E-state index in [1.807, 2.05) is 35.8 Å². The molecule has 8 nitrogen and oxygen atoms in total. The first kappa shape index (κ1) is 25.3. The second-order valence-corrected chi connectivity index (χ2v) is 8.78. The number of nitrogens with one attached hydrogen (secondary N) is 2. The first-order valence-corrected chi connectivity index (χ1v) is 11.9. The number of hydrogen-bond donors (Lipinski definition) is 2. The van der Waals surface area contributed by atoms with Crippen LogP contribution in [0.2, 0.25) is 5.02 Å². The Balaban J connectivity index is 1.60. The van der Waals surface area contributed by atoms with Gasteiger partial charge in [-0.1, -0.05) is 47.6 Å². The fourth-order valence-corrected chi connectivity index (χ4v) is 4.15. The average molecular weight is 500 g/mol. The summed E-state index contributed by atoms with van der Waals surface area (Å²) in [5.74, 6) is 1.13. The largest absolute Gasteiger partial charge is 0.497 e. The number of methoxy groups -OCH3 is 1. The highest BCUT2D eigenvalue weighted by Gasteiger charge is 2.20. The SMILES string of the molecule is C=CCn1c(SCC(=O)Nc2cccc(Cl)c2)nnc1C(C)NC(=O)Cc1ccc(OC)cc1. The van der Waals surface area contributed by atoms with Crippen LogP contribution in [0.3, 0.4) is 0 Å². The van der Waals surface area contributed by atoms with Gasteiger partial charge in [0.05, 0.1) is 25.3 Å². The highest BCUT2D eigenvalue weighted by atomic mass is 35.5. The number of carbonyl (C=O) groups is 2. The molecule has 0 saturated carbocycles. The summed E-state index contributed by atoms with van der Waals surface area (Å²) in [5.41, 5.74) is 1.50. The molecule has 0 saturated heterocycles. The number of allylic oxidation sites excluding steroid dienone is 1. The van der Waals surface area contributed by atoms with E-state index in [9.17, 15) is 9.59 Å². The maximum Gasteiger partial charge on any atom is 0.234 e. The lowest BCUT2D eigenvalue weighted by atomic mass is 10.1. The number of halogens is 1. The van der Waals surface area contributed by atoms with Crippen molar-refractivity contribution in [3.63, 3.8) is 0 Å². The summed E-state index contributed by atoms with van der Waals surface area (Å²) in [5, 5.41) is 15.3. The number of carbonyl (C=O) groups excluding carboxylic acids is 2. The lowest BCUT2D eigenvalue weighted by Gasteiger charge is -2.15. The number of benzene rings is 2. The molecule has 0 aliphatic carbocycles.